The quantitative estimate of drug-likeness (QED) is 0.837. The summed E-state index contributed by atoms with van der Waals surface area (Å²) in [4.78, 5) is 0. The summed E-state index contributed by atoms with van der Waals surface area (Å²) in [6.45, 7) is 5.21. The van der Waals surface area contributed by atoms with Gasteiger partial charge < -0.3 is 5.32 Å². The summed E-state index contributed by atoms with van der Waals surface area (Å²) in [5, 5.41) is 4.76. The van der Waals surface area contributed by atoms with E-state index in [0.717, 1.165) is 13.0 Å². The van der Waals surface area contributed by atoms with Crippen molar-refractivity contribution in [2.24, 2.45) is 0 Å². The van der Waals surface area contributed by atoms with Crippen molar-refractivity contribution in [1.82, 2.24) is 5.32 Å². The second-order valence-electron chi connectivity index (χ2n) is 3.64. The van der Waals surface area contributed by atoms with Crippen LogP contribution >= 0.6 is 23.2 Å². The fourth-order valence-electron chi connectivity index (χ4n) is 1.26. The predicted molar refractivity (Wildman–Crippen MR) is 63.3 cm³/mol. The van der Waals surface area contributed by atoms with Crippen molar-refractivity contribution in [3.8, 4) is 0 Å². The van der Waals surface area contributed by atoms with Crippen molar-refractivity contribution in [2.75, 3.05) is 6.54 Å². The summed E-state index contributed by atoms with van der Waals surface area (Å²) in [5.41, 5.74) is 1.18. The van der Waals surface area contributed by atoms with Gasteiger partial charge in [0.25, 0.3) is 0 Å². The molecule has 1 aromatic carbocycles. The molecule has 0 atom stereocenters. The summed E-state index contributed by atoms with van der Waals surface area (Å²) in [6.07, 6.45) is 0.957. The molecule has 14 heavy (non-hydrogen) atoms. The Morgan fingerprint density at radius 2 is 1.71 bits per heavy atom. The summed E-state index contributed by atoms with van der Waals surface area (Å²) in [6, 6.07) is 6.18. The molecule has 0 heterocycles. The Labute approximate surface area is 95.4 Å². The maximum atomic E-state index is 5.89. The monoisotopic (exact) mass is 231 g/mol. The van der Waals surface area contributed by atoms with Crippen LogP contribution < -0.4 is 5.32 Å². The molecule has 0 aromatic heterocycles. The second-order valence-corrected chi connectivity index (χ2v) is 4.51. The van der Waals surface area contributed by atoms with E-state index in [-0.39, 0.29) is 0 Å². The van der Waals surface area contributed by atoms with Crippen LogP contribution in [0.4, 0.5) is 0 Å². The SMILES string of the molecule is CC(C)NCCc1cc(Cl)cc(Cl)c1. The number of hydrogen-bond acceptors (Lipinski definition) is 1. The molecule has 1 aromatic rings. The van der Waals surface area contributed by atoms with Gasteiger partial charge in [-0.2, -0.15) is 0 Å². The van der Waals surface area contributed by atoms with Gasteiger partial charge in [0, 0.05) is 16.1 Å². The van der Waals surface area contributed by atoms with E-state index in [0.29, 0.717) is 16.1 Å². The second kappa shape index (κ2) is 5.59. The topological polar surface area (TPSA) is 12.0 Å². The van der Waals surface area contributed by atoms with Crippen LogP contribution in [0.1, 0.15) is 19.4 Å². The summed E-state index contributed by atoms with van der Waals surface area (Å²) in [5.74, 6) is 0. The average Bonchev–Trinajstić information content (AvgIpc) is 2.01. The predicted octanol–water partition coefficient (Wildman–Crippen LogP) is 3.53. The van der Waals surface area contributed by atoms with Crippen molar-refractivity contribution < 1.29 is 0 Å². The smallest absolute Gasteiger partial charge is 0.0423 e. The van der Waals surface area contributed by atoms with E-state index in [1.54, 1.807) is 6.07 Å². The van der Waals surface area contributed by atoms with Gasteiger partial charge in [0.15, 0.2) is 0 Å². The van der Waals surface area contributed by atoms with Crippen molar-refractivity contribution in [2.45, 2.75) is 26.3 Å². The number of benzene rings is 1. The molecule has 0 radical (unpaired) electrons. The Morgan fingerprint density at radius 3 is 2.21 bits per heavy atom. The fourth-order valence-corrected chi connectivity index (χ4v) is 1.83. The first kappa shape index (κ1) is 11.8. The van der Waals surface area contributed by atoms with Gasteiger partial charge in [0.05, 0.1) is 0 Å². The normalized spacial score (nSPS) is 10.9. The maximum Gasteiger partial charge on any atom is 0.0423 e. The number of rotatable bonds is 4. The highest BCUT2D eigenvalue weighted by molar-refractivity contribution is 6.34. The molecule has 3 heteroatoms. The van der Waals surface area contributed by atoms with E-state index in [9.17, 15) is 0 Å². The van der Waals surface area contributed by atoms with Crippen LogP contribution in [-0.2, 0) is 6.42 Å². The molecule has 0 aliphatic carbocycles. The molecule has 0 amide bonds. The number of nitrogens with one attached hydrogen (secondary N) is 1. The van der Waals surface area contributed by atoms with Gasteiger partial charge in [0.2, 0.25) is 0 Å². The molecule has 0 aliphatic rings. The first-order valence-electron chi connectivity index (χ1n) is 4.76. The van der Waals surface area contributed by atoms with E-state index in [1.165, 1.54) is 5.56 Å². The zero-order chi connectivity index (χ0) is 10.6. The van der Waals surface area contributed by atoms with Crippen LogP contribution in [0.15, 0.2) is 18.2 Å². The van der Waals surface area contributed by atoms with Gasteiger partial charge in [-0.1, -0.05) is 37.0 Å². The van der Waals surface area contributed by atoms with Crippen LogP contribution in [-0.4, -0.2) is 12.6 Å². The number of halogens is 2. The zero-order valence-corrected chi connectivity index (χ0v) is 9.99. The highest BCUT2D eigenvalue weighted by Crippen LogP contribution is 2.19. The molecular weight excluding hydrogens is 217 g/mol. The Bertz CT molecular complexity index is 277. The van der Waals surface area contributed by atoms with Gasteiger partial charge in [-0.25, -0.2) is 0 Å². The lowest BCUT2D eigenvalue weighted by molar-refractivity contribution is 0.590. The minimum absolute atomic E-state index is 0.518. The van der Waals surface area contributed by atoms with E-state index < -0.39 is 0 Å². The first-order chi connectivity index (χ1) is 6.58. The highest BCUT2D eigenvalue weighted by atomic mass is 35.5. The summed E-state index contributed by atoms with van der Waals surface area (Å²) >= 11 is 11.8. The largest absolute Gasteiger partial charge is 0.314 e. The Balaban J connectivity index is 2.50. The summed E-state index contributed by atoms with van der Waals surface area (Å²) in [7, 11) is 0. The summed E-state index contributed by atoms with van der Waals surface area (Å²) < 4.78 is 0. The molecule has 0 unspecified atom stereocenters. The molecule has 0 fully saturated rings. The molecule has 1 nitrogen and oxygen atoms in total. The van der Waals surface area contributed by atoms with E-state index >= 15 is 0 Å². The van der Waals surface area contributed by atoms with Crippen LogP contribution in [0, 0.1) is 0 Å². The standard InChI is InChI=1S/C11H15Cl2N/c1-8(2)14-4-3-9-5-10(12)7-11(13)6-9/h5-8,14H,3-4H2,1-2H3. The lowest BCUT2D eigenvalue weighted by Crippen LogP contribution is -2.24. The molecule has 0 bridgehead atoms. The zero-order valence-electron chi connectivity index (χ0n) is 8.48. The Morgan fingerprint density at radius 1 is 1.14 bits per heavy atom. The molecule has 1 rings (SSSR count). The lowest BCUT2D eigenvalue weighted by atomic mass is 10.1. The van der Waals surface area contributed by atoms with E-state index in [1.807, 2.05) is 12.1 Å². The molecule has 0 saturated heterocycles. The minimum Gasteiger partial charge on any atom is -0.314 e. The molecule has 0 spiro atoms. The van der Waals surface area contributed by atoms with Crippen molar-refractivity contribution in [3.63, 3.8) is 0 Å². The Hall–Kier alpha value is -0.240. The van der Waals surface area contributed by atoms with E-state index in [2.05, 4.69) is 19.2 Å². The molecule has 78 valence electrons. The Kier molecular flexibility index (Phi) is 4.73. The third kappa shape index (κ3) is 4.32. The van der Waals surface area contributed by atoms with E-state index in [4.69, 9.17) is 23.2 Å². The molecule has 0 aliphatic heterocycles. The van der Waals surface area contributed by atoms with Gasteiger partial charge in [-0.3, -0.25) is 0 Å². The average molecular weight is 232 g/mol. The van der Waals surface area contributed by atoms with Crippen LogP contribution in [0.3, 0.4) is 0 Å². The van der Waals surface area contributed by atoms with Crippen LogP contribution in [0.5, 0.6) is 0 Å². The first-order valence-corrected chi connectivity index (χ1v) is 5.52. The van der Waals surface area contributed by atoms with Crippen LogP contribution in [0.2, 0.25) is 10.0 Å². The molecular formula is C11H15Cl2N. The van der Waals surface area contributed by atoms with Crippen molar-refractivity contribution in [1.29, 1.82) is 0 Å². The number of hydrogen-bond donors (Lipinski definition) is 1. The highest BCUT2D eigenvalue weighted by Gasteiger charge is 1.98. The fraction of sp³-hybridized carbons (Fsp3) is 0.455. The van der Waals surface area contributed by atoms with Gasteiger partial charge >= 0.3 is 0 Å². The molecule has 1 N–H and O–H groups in total. The molecule has 0 saturated carbocycles. The van der Waals surface area contributed by atoms with Gasteiger partial charge in [-0.15, -0.1) is 0 Å². The van der Waals surface area contributed by atoms with Crippen LogP contribution in [0.25, 0.3) is 0 Å². The third-order valence-corrected chi connectivity index (χ3v) is 2.33. The van der Waals surface area contributed by atoms with Crippen molar-refractivity contribution >= 4 is 23.2 Å². The van der Waals surface area contributed by atoms with Gasteiger partial charge in [0.1, 0.15) is 0 Å². The minimum atomic E-state index is 0.518. The van der Waals surface area contributed by atoms with Crippen molar-refractivity contribution in [3.05, 3.63) is 33.8 Å². The maximum absolute atomic E-state index is 5.89. The lowest BCUT2D eigenvalue weighted by Gasteiger charge is -2.08. The third-order valence-electron chi connectivity index (χ3n) is 1.89. The van der Waals surface area contributed by atoms with Gasteiger partial charge in [-0.05, 0) is 36.7 Å².